The standard InChI is InChI=1S/C21H31NO3/c1-7-25-21(24)19-11-14(3)10-17(6)22(19)20(23)12-18-15(4)8-13(2)9-16(18)5/h8-9,14,17,19H,7,10-12H2,1-6H3. The quantitative estimate of drug-likeness (QED) is 0.781. The molecule has 1 saturated heterocycles. The lowest BCUT2D eigenvalue weighted by Crippen LogP contribution is -2.55. The fourth-order valence-electron chi connectivity index (χ4n) is 4.19. The Balaban J connectivity index is 2.26. The summed E-state index contributed by atoms with van der Waals surface area (Å²) in [5, 5.41) is 0. The lowest BCUT2D eigenvalue weighted by atomic mass is 9.87. The highest BCUT2D eigenvalue weighted by atomic mass is 16.5. The molecule has 1 fully saturated rings. The molecular weight excluding hydrogens is 314 g/mol. The summed E-state index contributed by atoms with van der Waals surface area (Å²) >= 11 is 0. The number of carbonyl (C=O) groups is 2. The fraction of sp³-hybridized carbons (Fsp3) is 0.619. The predicted octanol–water partition coefficient (Wildman–Crippen LogP) is 3.73. The zero-order valence-electron chi connectivity index (χ0n) is 16.4. The average molecular weight is 345 g/mol. The number of rotatable bonds is 4. The molecule has 3 unspecified atom stereocenters. The van der Waals surface area contributed by atoms with Gasteiger partial charge in [-0.05, 0) is 70.1 Å². The van der Waals surface area contributed by atoms with Crippen LogP contribution in [0.3, 0.4) is 0 Å². The molecule has 4 nitrogen and oxygen atoms in total. The molecule has 1 aromatic rings. The number of nitrogens with zero attached hydrogens (tertiary/aromatic N) is 1. The second-order valence-electron chi connectivity index (χ2n) is 7.55. The van der Waals surface area contributed by atoms with Crippen molar-refractivity contribution in [2.75, 3.05) is 6.61 Å². The van der Waals surface area contributed by atoms with E-state index < -0.39 is 6.04 Å². The van der Waals surface area contributed by atoms with Crippen LogP contribution in [0.5, 0.6) is 0 Å². The largest absolute Gasteiger partial charge is 0.464 e. The van der Waals surface area contributed by atoms with E-state index in [4.69, 9.17) is 4.74 Å². The summed E-state index contributed by atoms with van der Waals surface area (Å²) in [6.07, 6.45) is 1.95. The Morgan fingerprint density at radius 2 is 1.72 bits per heavy atom. The minimum atomic E-state index is -0.461. The summed E-state index contributed by atoms with van der Waals surface area (Å²) < 4.78 is 5.24. The zero-order valence-corrected chi connectivity index (χ0v) is 16.4. The Labute approximate surface area is 151 Å². The molecule has 138 valence electrons. The third-order valence-electron chi connectivity index (χ3n) is 5.19. The number of benzene rings is 1. The highest BCUT2D eigenvalue weighted by molar-refractivity contribution is 5.86. The number of hydrogen-bond donors (Lipinski definition) is 0. The maximum absolute atomic E-state index is 13.1. The molecule has 0 N–H and O–H groups in total. The van der Waals surface area contributed by atoms with Crippen molar-refractivity contribution in [1.82, 2.24) is 4.90 Å². The van der Waals surface area contributed by atoms with Crippen molar-refractivity contribution in [3.05, 3.63) is 34.4 Å². The second-order valence-corrected chi connectivity index (χ2v) is 7.55. The molecule has 0 bridgehead atoms. The molecule has 2 rings (SSSR count). The van der Waals surface area contributed by atoms with Gasteiger partial charge in [0, 0.05) is 6.04 Å². The molecule has 1 amide bonds. The smallest absolute Gasteiger partial charge is 0.328 e. The van der Waals surface area contributed by atoms with Crippen LogP contribution in [0, 0.1) is 26.7 Å². The molecule has 4 heteroatoms. The summed E-state index contributed by atoms with van der Waals surface area (Å²) in [5.41, 5.74) is 4.55. The monoisotopic (exact) mass is 345 g/mol. The van der Waals surface area contributed by atoms with E-state index in [9.17, 15) is 9.59 Å². The van der Waals surface area contributed by atoms with Gasteiger partial charge in [0.15, 0.2) is 0 Å². The van der Waals surface area contributed by atoms with Crippen molar-refractivity contribution < 1.29 is 14.3 Å². The molecule has 0 saturated carbocycles. The first kappa shape index (κ1) is 19.5. The van der Waals surface area contributed by atoms with E-state index in [1.165, 1.54) is 5.56 Å². The minimum Gasteiger partial charge on any atom is -0.464 e. The van der Waals surface area contributed by atoms with Gasteiger partial charge in [0.1, 0.15) is 6.04 Å². The van der Waals surface area contributed by atoms with Crippen LogP contribution in [0.15, 0.2) is 12.1 Å². The summed E-state index contributed by atoms with van der Waals surface area (Å²) in [4.78, 5) is 27.3. The Morgan fingerprint density at radius 3 is 2.28 bits per heavy atom. The summed E-state index contributed by atoms with van der Waals surface area (Å²) in [5.74, 6) is 0.162. The Morgan fingerprint density at radius 1 is 1.12 bits per heavy atom. The molecular formula is C21H31NO3. The molecule has 1 aliphatic heterocycles. The molecule has 0 spiro atoms. The highest BCUT2D eigenvalue weighted by Gasteiger charge is 2.39. The normalized spacial score (nSPS) is 23.4. The van der Waals surface area contributed by atoms with E-state index in [0.29, 0.717) is 25.4 Å². The van der Waals surface area contributed by atoms with E-state index in [2.05, 4.69) is 26.0 Å². The maximum atomic E-state index is 13.1. The lowest BCUT2D eigenvalue weighted by Gasteiger charge is -2.42. The van der Waals surface area contributed by atoms with Crippen LogP contribution >= 0.6 is 0 Å². The van der Waals surface area contributed by atoms with Crippen LogP contribution in [0.2, 0.25) is 0 Å². The Hall–Kier alpha value is -1.84. The van der Waals surface area contributed by atoms with Gasteiger partial charge in [-0.15, -0.1) is 0 Å². The molecule has 1 aliphatic rings. The average Bonchev–Trinajstić information content (AvgIpc) is 2.50. The minimum absolute atomic E-state index is 0.0208. The van der Waals surface area contributed by atoms with Gasteiger partial charge in [-0.3, -0.25) is 4.79 Å². The van der Waals surface area contributed by atoms with Crippen molar-refractivity contribution in [2.24, 2.45) is 5.92 Å². The fourth-order valence-corrected chi connectivity index (χ4v) is 4.19. The van der Waals surface area contributed by atoms with Gasteiger partial charge < -0.3 is 9.64 Å². The summed E-state index contributed by atoms with van der Waals surface area (Å²) in [6.45, 7) is 12.5. The number of ether oxygens (including phenoxy) is 1. The Kier molecular flexibility index (Phi) is 6.26. The zero-order chi connectivity index (χ0) is 18.7. The first-order valence-corrected chi connectivity index (χ1v) is 9.29. The van der Waals surface area contributed by atoms with Gasteiger partial charge in [-0.25, -0.2) is 4.79 Å². The lowest BCUT2D eigenvalue weighted by molar-refractivity contribution is -0.160. The first-order valence-electron chi connectivity index (χ1n) is 9.29. The first-order chi connectivity index (χ1) is 11.7. The van der Waals surface area contributed by atoms with Crippen LogP contribution in [-0.2, 0) is 20.7 Å². The van der Waals surface area contributed by atoms with Crippen LogP contribution in [0.25, 0.3) is 0 Å². The number of esters is 1. The topological polar surface area (TPSA) is 46.6 Å². The molecule has 3 atom stereocenters. The SMILES string of the molecule is CCOC(=O)C1CC(C)CC(C)N1C(=O)Cc1c(C)cc(C)cc1C. The highest BCUT2D eigenvalue weighted by Crippen LogP contribution is 2.29. The summed E-state index contributed by atoms with van der Waals surface area (Å²) in [6, 6.07) is 3.81. The van der Waals surface area contributed by atoms with E-state index in [-0.39, 0.29) is 17.9 Å². The number of likely N-dealkylation sites (tertiary alicyclic amines) is 1. The number of aryl methyl sites for hydroxylation is 3. The van der Waals surface area contributed by atoms with Gasteiger partial charge >= 0.3 is 5.97 Å². The van der Waals surface area contributed by atoms with Gasteiger partial charge in [0.25, 0.3) is 0 Å². The number of carbonyl (C=O) groups excluding carboxylic acids is 2. The third-order valence-corrected chi connectivity index (χ3v) is 5.19. The van der Waals surface area contributed by atoms with Crippen molar-refractivity contribution >= 4 is 11.9 Å². The van der Waals surface area contributed by atoms with Crippen molar-refractivity contribution in [1.29, 1.82) is 0 Å². The maximum Gasteiger partial charge on any atom is 0.328 e. The molecule has 25 heavy (non-hydrogen) atoms. The molecule has 1 heterocycles. The van der Waals surface area contributed by atoms with Crippen LogP contribution in [0.4, 0.5) is 0 Å². The molecule has 0 aliphatic carbocycles. The van der Waals surface area contributed by atoms with Crippen molar-refractivity contribution in [3.8, 4) is 0 Å². The molecule has 1 aromatic carbocycles. The predicted molar refractivity (Wildman–Crippen MR) is 99.5 cm³/mol. The van der Waals surface area contributed by atoms with Crippen molar-refractivity contribution in [2.45, 2.75) is 72.9 Å². The van der Waals surface area contributed by atoms with E-state index >= 15 is 0 Å². The molecule has 0 radical (unpaired) electrons. The van der Waals surface area contributed by atoms with Gasteiger partial charge in [-0.1, -0.05) is 24.6 Å². The molecule has 0 aromatic heterocycles. The van der Waals surface area contributed by atoms with Gasteiger partial charge in [0.2, 0.25) is 5.91 Å². The van der Waals surface area contributed by atoms with E-state index in [1.54, 1.807) is 11.8 Å². The third kappa shape index (κ3) is 4.42. The van der Waals surface area contributed by atoms with Crippen LogP contribution < -0.4 is 0 Å². The van der Waals surface area contributed by atoms with Gasteiger partial charge in [0.05, 0.1) is 13.0 Å². The van der Waals surface area contributed by atoms with Crippen molar-refractivity contribution in [3.63, 3.8) is 0 Å². The van der Waals surface area contributed by atoms with Crippen LogP contribution in [-0.4, -0.2) is 35.5 Å². The Bertz CT molecular complexity index is 630. The summed E-state index contributed by atoms with van der Waals surface area (Å²) in [7, 11) is 0. The number of hydrogen-bond acceptors (Lipinski definition) is 3. The number of piperidine rings is 1. The van der Waals surface area contributed by atoms with Crippen LogP contribution in [0.1, 0.15) is 55.9 Å². The van der Waals surface area contributed by atoms with E-state index in [1.807, 2.05) is 20.8 Å². The van der Waals surface area contributed by atoms with Gasteiger partial charge in [-0.2, -0.15) is 0 Å². The number of amides is 1. The van der Waals surface area contributed by atoms with E-state index in [0.717, 1.165) is 23.1 Å². The second kappa shape index (κ2) is 8.03.